The number of nitrogens with one attached hydrogen (secondary N) is 12. The van der Waals surface area contributed by atoms with Crippen LogP contribution in [0.15, 0.2) is 65.7 Å². The number of rotatable bonds is 45. The maximum absolute atomic E-state index is 14.2. The van der Waals surface area contributed by atoms with Gasteiger partial charge in [-0.1, -0.05) is 80.9 Å². The summed E-state index contributed by atoms with van der Waals surface area (Å²) < 4.78 is 5.23. The summed E-state index contributed by atoms with van der Waals surface area (Å²) in [5.41, 5.74) is 17.1. The van der Waals surface area contributed by atoms with Gasteiger partial charge in [0.15, 0.2) is 5.96 Å². The molecule has 36 nitrogen and oxygen atoms in total. The van der Waals surface area contributed by atoms with Crippen LogP contribution in [0.25, 0.3) is 0 Å². The van der Waals surface area contributed by atoms with Gasteiger partial charge in [-0.2, -0.15) is 0 Å². The molecule has 0 aliphatic heterocycles. The lowest BCUT2D eigenvalue weighted by molar-refractivity contribution is -0.143. The van der Waals surface area contributed by atoms with Crippen molar-refractivity contribution in [1.29, 1.82) is 0 Å². The highest BCUT2D eigenvalue weighted by molar-refractivity contribution is 5.99. The van der Waals surface area contributed by atoms with E-state index in [2.05, 4.69) is 74.7 Å². The van der Waals surface area contributed by atoms with E-state index >= 15 is 0 Å². The predicted octanol–water partition coefficient (Wildman–Crippen LogP) is -3.57. The number of alkyl carbamates (subject to hydrolysis) is 1. The Morgan fingerprint density at radius 3 is 1.52 bits per heavy atom. The van der Waals surface area contributed by atoms with Crippen molar-refractivity contribution >= 4 is 94.9 Å². The number of carboxylic acids is 3. The molecule has 0 saturated heterocycles. The van der Waals surface area contributed by atoms with Gasteiger partial charge in [-0.3, -0.25) is 67.3 Å². The smallest absolute Gasteiger partial charge is 0.407 e. The van der Waals surface area contributed by atoms with Gasteiger partial charge in [0.25, 0.3) is 0 Å². The van der Waals surface area contributed by atoms with Crippen LogP contribution in [0.1, 0.15) is 131 Å². The molecule has 2 rings (SSSR count). The standard InChI is InChI=1S/C67H100N16O20/c1-10-21-42(68)56(92)78-44(26-18-19-30-72-66(102)103-67(7,8)9)58(94)74-38(5)55(91)82-52(36(3)11-2)62(98)79-43(27-20-31-71-65(69)70)57(93)73-35-49(85)76-47(34-51(88)89)61(97)83-53(39(6)84)63(99)80-46(32-40-22-14-12-15-23-40)60(96)75-37(4)54(90)77-45(28-29-50(86)87)59(95)81-48(64(100)101)33-41-24-16-13-17-25-41/h1,12-17,22-25,36-39,42-48,52-53,84H,11,18-21,26-35,68H2,2-9H3,(H,72,102)(H,73,93)(H,74,94)(H,75,96)(H,76,85)(H,77,90)(H,78,92)(H,79,98)(H,80,99)(H,81,95)(H,82,91)(H,83,97)(H,86,87)(H,88,89)(H,100,101)(H4,69,70,71)/t36-,37-,38-,39+,42-,43-,44-,45-,46-,47-,48-,52-,53-/m0/s1. The summed E-state index contributed by atoms with van der Waals surface area (Å²) >= 11 is 0. The van der Waals surface area contributed by atoms with Crippen molar-refractivity contribution in [2.24, 2.45) is 28.1 Å². The van der Waals surface area contributed by atoms with Crippen LogP contribution in [0.5, 0.6) is 0 Å². The molecule has 0 aromatic heterocycles. The van der Waals surface area contributed by atoms with Crippen molar-refractivity contribution in [2.45, 2.75) is 211 Å². The molecule has 0 spiro atoms. The summed E-state index contributed by atoms with van der Waals surface area (Å²) in [7, 11) is 0. The summed E-state index contributed by atoms with van der Waals surface area (Å²) in [5.74, 6) is -14.4. The molecule has 0 aliphatic carbocycles. The number of aliphatic hydroxyl groups is 1. The Bertz CT molecular complexity index is 3310. The molecule has 0 fully saturated rings. The number of carboxylic acid groups (broad SMARTS) is 3. The molecule has 0 unspecified atom stereocenters. The Morgan fingerprint density at radius 2 is 1.00 bits per heavy atom. The van der Waals surface area contributed by atoms with Gasteiger partial charge in [-0.25, -0.2) is 9.59 Å². The van der Waals surface area contributed by atoms with E-state index in [1.807, 2.05) is 0 Å². The number of amides is 12. The van der Waals surface area contributed by atoms with E-state index in [-0.39, 0.29) is 70.4 Å². The summed E-state index contributed by atoms with van der Waals surface area (Å²) in [5, 5.41) is 68.9. The molecule has 12 amide bonds. The second kappa shape index (κ2) is 45.0. The number of hydrogen-bond acceptors (Lipinski definition) is 19. The van der Waals surface area contributed by atoms with Crippen molar-refractivity contribution in [3.63, 3.8) is 0 Å². The number of unbranched alkanes of at least 4 members (excludes halogenated alkanes) is 1. The quantitative estimate of drug-likeness (QED) is 0.0132. The van der Waals surface area contributed by atoms with Gasteiger partial charge in [0.05, 0.1) is 25.1 Å². The van der Waals surface area contributed by atoms with Gasteiger partial charge in [-0.15, -0.1) is 12.3 Å². The zero-order valence-electron chi connectivity index (χ0n) is 59.0. The number of aliphatic hydroxyl groups excluding tert-OH is 1. The highest BCUT2D eigenvalue weighted by Crippen LogP contribution is 2.14. The van der Waals surface area contributed by atoms with Crippen LogP contribution in [0.4, 0.5) is 4.79 Å². The van der Waals surface area contributed by atoms with Gasteiger partial charge in [-0.05, 0) is 97.1 Å². The second-order valence-electron chi connectivity index (χ2n) is 25.3. The second-order valence-corrected chi connectivity index (χ2v) is 25.3. The van der Waals surface area contributed by atoms with Crippen molar-refractivity contribution in [2.75, 3.05) is 19.6 Å². The monoisotopic (exact) mass is 1450 g/mol. The van der Waals surface area contributed by atoms with Crippen LogP contribution >= 0.6 is 0 Å². The number of benzene rings is 2. The first-order valence-electron chi connectivity index (χ1n) is 33.3. The van der Waals surface area contributed by atoms with E-state index < -0.39 is 199 Å². The summed E-state index contributed by atoms with van der Waals surface area (Å²) in [6.45, 7) is 11.1. The van der Waals surface area contributed by atoms with E-state index in [1.165, 1.54) is 13.8 Å². The first kappa shape index (κ1) is 88.1. The van der Waals surface area contributed by atoms with E-state index in [9.17, 15) is 92.3 Å². The Morgan fingerprint density at radius 1 is 0.534 bits per heavy atom. The average Bonchev–Trinajstić information content (AvgIpc) is 0.862. The topological polar surface area (TPSA) is 581 Å². The largest absolute Gasteiger partial charge is 0.481 e. The molecule has 0 radical (unpaired) electrons. The van der Waals surface area contributed by atoms with Crippen LogP contribution in [0, 0.1) is 18.3 Å². The molecule has 22 N–H and O–H groups in total. The van der Waals surface area contributed by atoms with Crippen molar-refractivity contribution in [1.82, 2.24) is 63.8 Å². The number of aliphatic imine (C=N–C) groups is 1. The Kier molecular flexibility index (Phi) is 38.5. The number of aliphatic carboxylic acids is 3. The molecule has 36 heteroatoms. The number of terminal acetylenes is 1. The summed E-state index contributed by atoms with van der Waals surface area (Å²) in [6, 6.07) is -0.742. The normalized spacial score (nSPS) is 14.8. The van der Waals surface area contributed by atoms with Crippen molar-refractivity contribution < 1.29 is 97.1 Å². The molecule has 0 bridgehead atoms. The molecular formula is C67H100N16O20. The van der Waals surface area contributed by atoms with Crippen LogP contribution < -0.4 is 81.0 Å². The van der Waals surface area contributed by atoms with E-state index in [4.69, 9.17) is 28.4 Å². The Hall–Kier alpha value is -11.0. The first-order chi connectivity index (χ1) is 48.4. The predicted molar refractivity (Wildman–Crippen MR) is 371 cm³/mol. The molecule has 2 aromatic carbocycles. The lowest BCUT2D eigenvalue weighted by Crippen LogP contribution is -2.61. The number of guanidine groups is 1. The fourth-order valence-electron chi connectivity index (χ4n) is 9.57. The molecule has 103 heavy (non-hydrogen) atoms. The number of ether oxygens (including phenoxy) is 1. The third kappa shape index (κ3) is 34.8. The number of nitrogens with two attached hydrogens (primary N) is 3. The molecule has 0 aliphatic rings. The van der Waals surface area contributed by atoms with Crippen LogP contribution in [-0.2, 0) is 84.7 Å². The number of hydrogen-bond donors (Lipinski definition) is 19. The van der Waals surface area contributed by atoms with E-state index in [0.29, 0.717) is 17.5 Å². The van der Waals surface area contributed by atoms with Gasteiger partial charge in [0.1, 0.15) is 66.0 Å². The number of carbonyl (C=O) groups excluding carboxylic acids is 12. The lowest BCUT2D eigenvalue weighted by Gasteiger charge is -2.28. The van der Waals surface area contributed by atoms with Crippen LogP contribution in [0.2, 0.25) is 0 Å². The SMILES string of the molecule is C#CC[C@H](N)C(=O)N[C@@H](CCCCNC(=O)OC(C)(C)C)C(=O)N[C@@H](C)C(=O)N[C@H](C(=O)N[C@@H](CCCN=C(N)N)C(=O)NCC(=O)N[C@@H](CC(=O)O)C(=O)N[C@H](C(=O)N[C@@H](Cc1ccccc1)C(=O)N[C@@H](C)C(=O)N[C@@H](CCC(=O)O)C(=O)N[C@@H](Cc1ccccc1)C(=O)O)[C@@H](C)O)[C@@H](C)CC. The van der Waals surface area contributed by atoms with Gasteiger partial charge in [0, 0.05) is 38.8 Å². The van der Waals surface area contributed by atoms with Crippen molar-refractivity contribution in [3.8, 4) is 12.3 Å². The third-order valence-electron chi connectivity index (χ3n) is 15.4. The highest BCUT2D eigenvalue weighted by Gasteiger charge is 2.37. The van der Waals surface area contributed by atoms with Crippen LogP contribution in [0.3, 0.4) is 0 Å². The third-order valence-corrected chi connectivity index (χ3v) is 15.4. The minimum absolute atomic E-state index is 0.0191. The first-order valence-corrected chi connectivity index (χ1v) is 33.3. The van der Waals surface area contributed by atoms with E-state index in [0.717, 1.165) is 6.92 Å². The number of nitrogens with zero attached hydrogens (tertiary/aromatic N) is 1. The summed E-state index contributed by atoms with van der Waals surface area (Å²) in [4.78, 5) is 203. The Labute approximate surface area is 596 Å². The average molecular weight is 1450 g/mol. The molecule has 13 atom stereocenters. The van der Waals surface area contributed by atoms with E-state index in [1.54, 1.807) is 95.3 Å². The summed E-state index contributed by atoms with van der Waals surface area (Å²) in [6.07, 6.45) is 0.707. The van der Waals surface area contributed by atoms with Gasteiger partial charge < -0.3 is 106 Å². The molecule has 0 saturated carbocycles. The molecule has 2 aromatic rings. The fraction of sp³-hybridized carbons (Fsp3) is 0.552. The minimum Gasteiger partial charge on any atom is -0.481 e. The van der Waals surface area contributed by atoms with Gasteiger partial charge in [0.2, 0.25) is 65.0 Å². The number of carbonyl (C=O) groups is 15. The molecular weight excluding hydrogens is 1350 g/mol. The molecule has 568 valence electrons. The zero-order chi connectivity index (χ0) is 77.7. The lowest BCUT2D eigenvalue weighted by atomic mass is 9.97. The maximum atomic E-state index is 14.2. The fourth-order valence-corrected chi connectivity index (χ4v) is 9.57. The maximum Gasteiger partial charge on any atom is 0.407 e. The zero-order valence-corrected chi connectivity index (χ0v) is 59.0. The van der Waals surface area contributed by atoms with Crippen LogP contribution in [-0.4, -0.2) is 213 Å². The van der Waals surface area contributed by atoms with Crippen molar-refractivity contribution in [3.05, 3.63) is 71.8 Å². The minimum atomic E-state index is -2.03. The van der Waals surface area contributed by atoms with Gasteiger partial charge >= 0.3 is 24.0 Å². The Balaban J connectivity index is 2.32. The highest BCUT2D eigenvalue weighted by atomic mass is 16.6. The molecule has 0 heterocycles.